The van der Waals surface area contributed by atoms with E-state index in [1.165, 1.54) is 0 Å². The van der Waals surface area contributed by atoms with Crippen molar-refractivity contribution in [1.82, 2.24) is 0 Å². The van der Waals surface area contributed by atoms with Crippen LogP contribution in [0.4, 0.5) is 5.69 Å². The molecule has 0 heterocycles. The van der Waals surface area contributed by atoms with Crippen LogP contribution in [0, 0.1) is 27.7 Å². The molecular formula is C17H22NO2P. The SMILES string of the molecule is Cc1cc(C)cc(OP(C)(=O)Nc2cc(C)ccc2C)c1. The highest BCUT2D eigenvalue weighted by molar-refractivity contribution is 7.60. The third-order valence-corrected chi connectivity index (χ3v) is 4.40. The summed E-state index contributed by atoms with van der Waals surface area (Å²) < 4.78 is 18.4. The minimum atomic E-state index is -2.97. The Morgan fingerprint density at radius 3 is 2.14 bits per heavy atom. The first-order valence-electron chi connectivity index (χ1n) is 6.96. The maximum atomic E-state index is 12.7. The van der Waals surface area contributed by atoms with Gasteiger partial charge in [0, 0.05) is 12.4 Å². The Morgan fingerprint density at radius 1 is 0.905 bits per heavy atom. The summed E-state index contributed by atoms with van der Waals surface area (Å²) in [6.07, 6.45) is 0. The Kier molecular flexibility index (Phi) is 4.43. The fourth-order valence-electron chi connectivity index (χ4n) is 2.28. The average molecular weight is 303 g/mol. The molecule has 0 amide bonds. The lowest BCUT2D eigenvalue weighted by Gasteiger charge is -2.19. The van der Waals surface area contributed by atoms with Gasteiger partial charge in [0.25, 0.3) is 0 Å². The molecule has 0 saturated carbocycles. The molecule has 2 aromatic rings. The molecule has 0 aliphatic heterocycles. The number of anilines is 1. The molecule has 112 valence electrons. The highest BCUT2D eigenvalue weighted by Crippen LogP contribution is 2.44. The van der Waals surface area contributed by atoms with Crippen molar-refractivity contribution in [3.63, 3.8) is 0 Å². The van der Waals surface area contributed by atoms with Crippen LogP contribution in [0.1, 0.15) is 22.3 Å². The standard InChI is InChI=1S/C17H22NO2P/c1-12-6-7-15(4)17(11-12)18-21(5,19)20-16-9-13(2)8-14(3)10-16/h6-11H,1-5H3,(H,18,19). The van der Waals surface area contributed by atoms with Gasteiger partial charge in [-0.1, -0.05) is 18.2 Å². The molecule has 0 aliphatic rings. The molecule has 2 aromatic carbocycles. The van der Waals surface area contributed by atoms with Gasteiger partial charge in [-0.2, -0.15) is 0 Å². The van der Waals surface area contributed by atoms with E-state index in [9.17, 15) is 4.57 Å². The van der Waals surface area contributed by atoms with Crippen molar-refractivity contribution in [2.45, 2.75) is 27.7 Å². The minimum Gasteiger partial charge on any atom is -0.429 e. The van der Waals surface area contributed by atoms with Crippen LogP contribution in [-0.4, -0.2) is 6.66 Å². The fraction of sp³-hybridized carbons (Fsp3) is 0.294. The predicted octanol–water partition coefficient (Wildman–Crippen LogP) is 5.23. The zero-order valence-electron chi connectivity index (χ0n) is 13.2. The number of hydrogen-bond acceptors (Lipinski definition) is 2. The van der Waals surface area contributed by atoms with Crippen LogP contribution in [0.15, 0.2) is 36.4 Å². The van der Waals surface area contributed by atoms with Gasteiger partial charge in [0.05, 0.1) is 0 Å². The van der Waals surface area contributed by atoms with Gasteiger partial charge in [0.15, 0.2) is 0 Å². The van der Waals surface area contributed by atoms with Crippen LogP contribution >= 0.6 is 7.52 Å². The number of nitrogens with one attached hydrogen (secondary N) is 1. The predicted molar refractivity (Wildman–Crippen MR) is 89.6 cm³/mol. The lowest BCUT2D eigenvalue weighted by Crippen LogP contribution is -2.04. The number of benzene rings is 2. The fourth-order valence-corrected chi connectivity index (χ4v) is 3.52. The molecule has 1 unspecified atom stereocenters. The van der Waals surface area contributed by atoms with Crippen LogP contribution in [0.3, 0.4) is 0 Å². The number of hydrogen-bond donors (Lipinski definition) is 1. The molecule has 0 radical (unpaired) electrons. The largest absolute Gasteiger partial charge is 0.429 e. The average Bonchev–Trinajstić information content (AvgIpc) is 2.31. The van der Waals surface area contributed by atoms with Crippen molar-refractivity contribution < 1.29 is 9.09 Å². The second kappa shape index (κ2) is 5.95. The van der Waals surface area contributed by atoms with E-state index >= 15 is 0 Å². The molecule has 0 spiro atoms. The number of rotatable bonds is 4. The molecule has 2 rings (SSSR count). The molecular weight excluding hydrogens is 281 g/mol. The van der Waals surface area contributed by atoms with E-state index in [4.69, 9.17) is 4.52 Å². The Morgan fingerprint density at radius 2 is 1.52 bits per heavy atom. The maximum absolute atomic E-state index is 12.7. The molecule has 1 atom stereocenters. The summed E-state index contributed by atoms with van der Waals surface area (Å²) in [5.41, 5.74) is 5.21. The van der Waals surface area contributed by atoms with Crippen molar-refractivity contribution in [1.29, 1.82) is 0 Å². The second-order valence-corrected chi connectivity index (χ2v) is 7.79. The zero-order valence-corrected chi connectivity index (χ0v) is 14.1. The lowest BCUT2D eigenvalue weighted by atomic mass is 10.1. The van der Waals surface area contributed by atoms with Crippen molar-refractivity contribution in [2.75, 3.05) is 11.8 Å². The Labute approximate surface area is 126 Å². The van der Waals surface area contributed by atoms with Gasteiger partial charge in [-0.05, 0) is 68.1 Å². The van der Waals surface area contributed by atoms with Gasteiger partial charge in [0.2, 0.25) is 0 Å². The maximum Gasteiger partial charge on any atom is 0.338 e. The minimum absolute atomic E-state index is 0.635. The molecule has 0 fully saturated rings. The summed E-state index contributed by atoms with van der Waals surface area (Å²) in [6.45, 7) is 9.60. The van der Waals surface area contributed by atoms with Gasteiger partial charge in [-0.15, -0.1) is 0 Å². The summed E-state index contributed by atoms with van der Waals surface area (Å²) in [4.78, 5) is 0. The van der Waals surface area contributed by atoms with Crippen LogP contribution in [0.5, 0.6) is 5.75 Å². The molecule has 4 heteroatoms. The van der Waals surface area contributed by atoms with Crippen molar-refractivity contribution >= 4 is 13.2 Å². The van der Waals surface area contributed by atoms with E-state index in [1.54, 1.807) is 6.66 Å². The van der Waals surface area contributed by atoms with Gasteiger partial charge >= 0.3 is 7.52 Å². The highest BCUT2D eigenvalue weighted by Gasteiger charge is 2.18. The first-order valence-corrected chi connectivity index (χ1v) is 9.03. The first-order chi connectivity index (χ1) is 9.75. The smallest absolute Gasteiger partial charge is 0.338 e. The van der Waals surface area contributed by atoms with Gasteiger partial charge < -0.3 is 9.61 Å². The topological polar surface area (TPSA) is 38.3 Å². The summed E-state index contributed by atoms with van der Waals surface area (Å²) in [7, 11) is -2.97. The normalized spacial score (nSPS) is 13.6. The van der Waals surface area contributed by atoms with Gasteiger partial charge in [0.1, 0.15) is 5.75 Å². The lowest BCUT2D eigenvalue weighted by molar-refractivity contribution is 0.493. The van der Waals surface area contributed by atoms with Crippen molar-refractivity contribution in [2.24, 2.45) is 0 Å². The molecule has 1 N–H and O–H groups in total. The van der Waals surface area contributed by atoms with E-state index in [-0.39, 0.29) is 0 Å². The summed E-state index contributed by atoms with van der Waals surface area (Å²) in [5.74, 6) is 0.635. The Balaban J connectivity index is 2.22. The Hall–Kier alpha value is -1.73. The third-order valence-electron chi connectivity index (χ3n) is 3.19. The molecule has 0 aliphatic carbocycles. The molecule has 0 aromatic heterocycles. The quantitative estimate of drug-likeness (QED) is 0.785. The van der Waals surface area contributed by atoms with Gasteiger partial charge in [-0.3, -0.25) is 4.57 Å². The third kappa shape index (κ3) is 4.37. The molecule has 21 heavy (non-hydrogen) atoms. The van der Waals surface area contributed by atoms with E-state index in [2.05, 4.69) is 11.2 Å². The van der Waals surface area contributed by atoms with E-state index < -0.39 is 7.52 Å². The first kappa shape index (κ1) is 15.7. The van der Waals surface area contributed by atoms with Crippen molar-refractivity contribution in [3.8, 4) is 5.75 Å². The summed E-state index contributed by atoms with van der Waals surface area (Å²) in [6, 6.07) is 11.9. The van der Waals surface area contributed by atoms with Gasteiger partial charge in [-0.25, -0.2) is 0 Å². The number of aryl methyl sites for hydroxylation is 4. The summed E-state index contributed by atoms with van der Waals surface area (Å²) in [5, 5.41) is 3.05. The monoisotopic (exact) mass is 303 g/mol. The van der Waals surface area contributed by atoms with Crippen LogP contribution in [-0.2, 0) is 4.57 Å². The zero-order chi connectivity index (χ0) is 15.6. The van der Waals surface area contributed by atoms with Crippen LogP contribution in [0.25, 0.3) is 0 Å². The van der Waals surface area contributed by atoms with E-state index in [1.807, 2.05) is 58.0 Å². The molecule has 0 bridgehead atoms. The summed E-state index contributed by atoms with van der Waals surface area (Å²) >= 11 is 0. The second-order valence-electron chi connectivity index (χ2n) is 5.69. The molecule has 0 saturated heterocycles. The van der Waals surface area contributed by atoms with Crippen LogP contribution < -0.4 is 9.61 Å². The Bertz CT molecular complexity index is 690. The molecule has 3 nitrogen and oxygen atoms in total. The van der Waals surface area contributed by atoms with E-state index in [0.29, 0.717) is 5.75 Å². The van der Waals surface area contributed by atoms with Crippen molar-refractivity contribution in [3.05, 3.63) is 58.7 Å². The highest BCUT2D eigenvalue weighted by atomic mass is 31.2. The van der Waals surface area contributed by atoms with Crippen LogP contribution in [0.2, 0.25) is 0 Å². The van der Waals surface area contributed by atoms with E-state index in [0.717, 1.165) is 27.9 Å².